The van der Waals surface area contributed by atoms with Crippen LogP contribution in [0, 0.1) is 0 Å². The van der Waals surface area contributed by atoms with Gasteiger partial charge in [-0.05, 0) is 42.2 Å². The van der Waals surface area contributed by atoms with E-state index >= 15 is 0 Å². The Morgan fingerprint density at radius 1 is 1.07 bits per heavy atom. The molecule has 146 valence electrons. The zero-order valence-electron chi connectivity index (χ0n) is 16.3. The van der Waals surface area contributed by atoms with E-state index in [-0.39, 0.29) is 11.3 Å². The standard InChI is InChI=1S/C21H23BrN4OS/c1-13(18(23)27)28-20-25-24-19(26(20)17-11-9-16(22)10-12-17)14-5-7-15(8-6-14)21(2,3)4/h5-13H,1-4H3,(H2,23,27). The van der Waals surface area contributed by atoms with Gasteiger partial charge in [0.1, 0.15) is 0 Å². The molecule has 1 heterocycles. The molecule has 0 aliphatic carbocycles. The lowest BCUT2D eigenvalue weighted by atomic mass is 9.87. The number of nitrogens with zero attached hydrogens (tertiary/aromatic N) is 3. The van der Waals surface area contributed by atoms with Crippen molar-refractivity contribution in [3.05, 3.63) is 58.6 Å². The van der Waals surface area contributed by atoms with Gasteiger partial charge in [0.2, 0.25) is 5.91 Å². The third-order valence-corrected chi connectivity index (χ3v) is 6.00. The van der Waals surface area contributed by atoms with Crippen molar-refractivity contribution in [1.82, 2.24) is 14.8 Å². The lowest BCUT2D eigenvalue weighted by Gasteiger charge is -2.19. The summed E-state index contributed by atoms with van der Waals surface area (Å²) in [7, 11) is 0. The second kappa shape index (κ2) is 8.09. The summed E-state index contributed by atoms with van der Waals surface area (Å²) in [5, 5.41) is 8.98. The third kappa shape index (κ3) is 4.47. The van der Waals surface area contributed by atoms with Gasteiger partial charge in [-0.15, -0.1) is 10.2 Å². The molecular formula is C21H23BrN4OS. The predicted molar refractivity (Wildman–Crippen MR) is 118 cm³/mol. The highest BCUT2D eigenvalue weighted by molar-refractivity contribution is 9.10. The van der Waals surface area contributed by atoms with E-state index in [1.54, 1.807) is 6.92 Å². The summed E-state index contributed by atoms with van der Waals surface area (Å²) < 4.78 is 2.95. The van der Waals surface area contributed by atoms with Gasteiger partial charge < -0.3 is 5.73 Å². The van der Waals surface area contributed by atoms with Crippen LogP contribution >= 0.6 is 27.7 Å². The van der Waals surface area contributed by atoms with Crippen molar-refractivity contribution in [1.29, 1.82) is 0 Å². The molecule has 0 aliphatic heterocycles. The number of benzene rings is 2. The number of amides is 1. The highest BCUT2D eigenvalue weighted by Gasteiger charge is 2.21. The van der Waals surface area contributed by atoms with Crippen LogP contribution in [0.1, 0.15) is 33.3 Å². The van der Waals surface area contributed by atoms with Crippen LogP contribution in [-0.4, -0.2) is 25.9 Å². The minimum atomic E-state index is -0.408. The van der Waals surface area contributed by atoms with Crippen molar-refractivity contribution in [3.8, 4) is 17.1 Å². The van der Waals surface area contributed by atoms with Crippen LogP contribution in [0.25, 0.3) is 17.1 Å². The fourth-order valence-electron chi connectivity index (χ4n) is 2.69. The van der Waals surface area contributed by atoms with Crippen molar-refractivity contribution in [2.75, 3.05) is 0 Å². The first kappa shape index (κ1) is 20.6. The molecule has 2 aromatic carbocycles. The van der Waals surface area contributed by atoms with Crippen LogP contribution < -0.4 is 5.73 Å². The van der Waals surface area contributed by atoms with Gasteiger partial charge >= 0.3 is 0 Å². The van der Waals surface area contributed by atoms with E-state index in [0.717, 1.165) is 21.5 Å². The first-order valence-electron chi connectivity index (χ1n) is 8.95. The van der Waals surface area contributed by atoms with Crippen molar-refractivity contribution in [2.24, 2.45) is 5.73 Å². The number of primary amides is 1. The summed E-state index contributed by atoms with van der Waals surface area (Å²) in [4.78, 5) is 11.5. The summed E-state index contributed by atoms with van der Waals surface area (Å²) in [5.41, 5.74) is 8.66. The number of carbonyl (C=O) groups is 1. The van der Waals surface area contributed by atoms with Crippen molar-refractivity contribution < 1.29 is 4.79 Å². The monoisotopic (exact) mass is 458 g/mol. The molecule has 3 aromatic rings. The van der Waals surface area contributed by atoms with Crippen LogP contribution in [-0.2, 0) is 10.2 Å². The molecule has 1 atom stereocenters. The average molecular weight is 459 g/mol. The predicted octanol–water partition coefficient (Wildman–Crippen LogP) is 4.96. The number of aromatic nitrogens is 3. The van der Waals surface area contributed by atoms with Gasteiger partial charge in [0, 0.05) is 15.7 Å². The Kier molecular flexibility index (Phi) is 5.95. The summed E-state index contributed by atoms with van der Waals surface area (Å²) in [6.07, 6.45) is 0. The highest BCUT2D eigenvalue weighted by atomic mass is 79.9. The molecule has 5 nitrogen and oxygen atoms in total. The number of hydrogen-bond donors (Lipinski definition) is 1. The Balaban J connectivity index is 2.09. The number of halogens is 1. The first-order chi connectivity index (χ1) is 13.2. The quantitative estimate of drug-likeness (QED) is 0.548. The molecule has 0 bridgehead atoms. The van der Waals surface area contributed by atoms with E-state index < -0.39 is 5.25 Å². The molecule has 1 unspecified atom stereocenters. The Bertz CT molecular complexity index is 975. The summed E-state index contributed by atoms with van der Waals surface area (Å²) in [5.74, 6) is 0.341. The molecule has 0 fully saturated rings. The Morgan fingerprint density at radius 2 is 1.68 bits per heavy atom. The fourth-order valence-corrected chi connectivity index (χ4v) is 3.77. The van der Waals surface area contributed by atoms with Crippen molar-refractivity contribution in [3.63, 3.8) is 0 Å². The maximum absolute atomic E-state index is 11.5. The summed E-state index contributed by atoms with van der Waals surface area (Å²) >= 11 is 4.77. The maximum Gasteiger partial charge on any atom is 0.230 e. The molecule has 28 heavy (non-hydrogen) atoms. The maximum atomic E-state index is 11.5. The second-order valence-corrected chi connectivity index (χ2v) is 9.83. The van der Waals surface area contributed by atoms with E-state index in [1.165, 1.54) is 17.3 Å². The lowest BCUT2D eigenvalue weighted by Crippen LogP contribution is -2.23. The van der Waals surface area contributed by atoms with E-state index in [4.69, 9.17) is 5.73 Å². The average Bonchev–Trinajstić information content (AvgIpc) is 3.05. The molecular weight excluding hydrogens is 436 g/mol. The largest absolute Gasteiger partial charge is 0.369 e. The Labute approximate surface area is 177 Å². The van der Waals surface area contributed by atoms with Crippen LogP contribution in [0.3, 0.4) is 0 Å². The van der Waals surface area contributed by atoms with E-state index in [0.29, 0.717) is 5.16 Å². The van der Waals surface area contributed by atoms with Crippen LogP contribution in [0.15, 0.2) is 58.2 Å². The van der Waals surface area contributed by atoms with Crippen LogP contribution in [0.4, 0.5) is 0 Å². The molecule has 1 aromatic heterocycles. The van der Waals surface area contributed by atoms with Gasteiger partial charge in [0.05, 0.1) is 5.25 Å². The van der Waals surface area contributed by atoms with E-state index in [1.807, 2.05) is 28.8 Å². The number of hydrogen-bond acceptors (Lipinski definition) is 4. The third-order valence-electron chi connectivity index (χ3n) is 4.41. The zero-order valence-corrected chi connectivity index (χ0v) is 18.7. The molecule has 0 radical (unpaired) electrons. The second-order valence-electron chi connectivity index (χ2n) is 7.61. The van der Waals surface area contributed by atoms with Gasteiger partial charge in [-0.1, -0.05) is 72.7 Å². The smallest absolute Gasteiger partial charge is 0.230 e. The molecule has 0 saturated heterocycles. The van der Waals surface area contributed by atoms with Crippen molar-refractivity contribution in [2.45, 2.75) is 43.5 Å². The number of rotatable bonds is 5. The SMILES string of the molecule is CC(Sc1nnc(-c2ccc(C(C)(C)C)cc2)n1-c1ccc(Br)cc1)C(N)=O. The topological polar surface area (TPSA) is 73.8 Å². The van der Waals surface area contributed by atoms with Gasteiger partial charge in [0.25, 0.3) is 0 Å². The van der Waals surface area contributed by atoms with Gasteiger partial charge in [-0.3, -0.25) is 9.36 Å². The molecule has 0 aliphatic rings. The van der Waals surface area contributed by atoms with E-state index in [2.05, 4.69) is 71.2 Å². The minimum absolute atomic E-state index is 0.0792. The Hall–Kier alpha value is -2.12. The summed E-state index contributed by atoms with van der Waals surface area (Å²) in [6.45, 7) is 8.33. The number of thioether (sulfide) groups is 1. The van der Waals surface area contributed by atoms with Gasteiger partial charge in [-0.2, -0.15) is 0 Å². The molecule has 2 N–H and O–H groups in total. The first-order valence-corrected chi connectivity index (χ1v) is 10.6. The molecule has 0 saturated carbocycles. The van der Waals surface area contributed by atoms with Gasteiger partial charge in [-0.25, -0.2) is 0 Å². The van der Waals surface area contributed by atoms with Crippen molar-refractivity contribution >= 4 is 33.6 Å². The Morgan fingerprint density at radius 3 is 2.21 bits per heavy atom. The molecule has 1 amide bonds. The molecule has 7 heteroatoms. The van der Waals surface area contributed by atoms with Gasteiger partial charge in [0.15, 0.2) is 11.0 Å². The zero-order chi connectivity index (χ0) is 20.5. The normalized spacial score (nSPS) is 12.8. The number of carbonyl (C=O) groups excluding carboxylic acids is 1. The lowest BCUT2D eigenvalue weighted by molar-refractivity contribution is -0.117. The molecule has 0 spiro atoms. The molecule has 3 rings (SSSR count). The number of nitrogens with two attached hydrogens (primary N) is 1. The van der Waals surface area contributed by atoms with Crippen LogP contribution in [0.5, 0.6) is 0 Å². The fraction of sp³-hybridized carbons (Fsp3) is 0.286. The minimum Gasteiger partial charge on any atom is -0.369 e. The highest BCUT2D eigenvalue weighted by Crippen LogP contribution is 2.32. The van der Waals surface area contributed by atoms with Crippen LogP contribution in [0.2, 0.25) is 0 Å². The summed E-state index contributed by atoms with van der Waals surface area (Å²) in [6, 6.07) is 16.3. The van der Waals surface area contributed by atoms with E-state index in [9.17, 15) is 4.79 Å².